The van der Waals surface area contributed by atoms with Crippen LogP contribution in [0.1, 0.15) is 30.5 Å². The molecule has 1 atom stereocenters. The van der Waals surface area contributed by atoms with Gasteiger partial charge in [-0.1, -0.05) is 42.5 Å². The van der Waals surface area contributed by atoms with Gasteiger partial charge in [-0.3, -0.25) is 0 Å². The number of hydrogen-bond donors (Lipinski definition) is 0. The van der Waals surface area contributed by atoms with Crippen molar-refractivity contribution in [2.45, 2.75) is 36.6 Å². The molecule has 1 aliphatic heterocycles. The molecule has 1 unspecified atom stereocenters. The first-order valence-corrected chi connectivity index (χ1v) is 12.4. The Morgan fingerprint density at radius 1 is 1.03 bits per heavy atom. The zero-order chi connectivity index (χ0) is 22.3. The normalized spacial score (nSPS) is 17.2. The lowest BCUT2D eigenvalue weighted by molar-refractivity contribution is 0.369. The first-order valence-electron chi connectivity index (χ1n) is 11.0. The van der Waals surface area contributed by atoms with Gasteiger partial charge in [0.25, 0.3) is 0 Å². The number of aromatic nitrogens is 1. The fourth-order valence-electron chi connectivity index (χ4n) is 4.97. The number of hydrogen-bond acceptors (Lipinski definition) is 3. The molecule has 1 saturated heterocycles. The maximum Gasteiger partial charge on any atom is 0.243 e. The zero-order valence-electron chi connectivity index (χ0n) is 18.0. The summed E-state index contributed by atoms with van der Waals surface area (Å²) in [6.45, 7) is 0.566. The Bertz CT molecular complexity index is 1460. The molecule has 4 aromatic rings. The third kappa shape index (κ3) is 3.48. The summed E-state index contributed by atoms with van der Waals surface area (Å²) < 4.78 is 31.1. The van der Waals surface area contributed by atoms with E-state index < -0.39 is 10.0 Å². The number of rotatable bonds is 5. The van der Waals surface area contributed by atoms with E-state index in [-0.39, 0.29) is 6.04 Å². The summed E-state index contributed by atoms with van der Waals surface area (Å²) in [5.41, 5.74) is 2.84. The van der Waals surface area contributed by atoms with Crippen molar-refractivity contribution in [2.75, 3.05) is 6.54 Å². The highest BCUT2D eigenvalue weighted by molar-refractivity contribution is 7.89. The summed E-state index contributed by atoms with van der Waals surface area (Å²) in [4.78, 5) is 0.399. The Kier molecular flexibility index (Phi) is 5.24. The van der Waals surface area contributed by atoms with E-state index in [0.29, 0.717) is 17.0 Å². The van der Waals surface area contributed by atoms with Crippen LogP contribution in [0, 0.1) is 11.3 Å². The summed E-state index contributed by atoms with van der Waals surface area (Å²) >= 11 is 0. The SMILES string of the molecule is Cn1c(CCC2CCCN2S(=O)(=O)c2cccc3ccccc23)cc2ccc(C#N)cc21. The van der Waals surface area contributed by atoms with Crippen LogP contribution in [0.2, 0.25) is 0 Å². The van der Waals surface area contributed by atoms with Crippen LogP contribution in [0.3, 0.4) is 0 Å². The number of benzene rings is 3. The average Bonchev–Trinajstić information content (AvgIpc) is 3.42. The Labute approximate surface area is 188 Å². The maximum atomic E-state index is 13.6. The molecule has 6 heteroatoms. The average molecular weight is 444 g/mol. The molecule has 0 aliphatic carbocycles. The summed E-state index contributed by atoms with van der Waals surface area (Å²) in [6.07, 6.45) is 3.33. The van der Waals surface area contributed by atoms with Crippen LogP contribution in [-0.4, -0.2) is 29.9 Å². The van der Waals surface area contributed by atoms with Gasteiger partial charge < -0.3 is 4.57 Å². The lowest BCUT2D eigenvalue weighted by atomic mass is 10.1. The fraction of sp³-hybridized carbons (Fsp3) is 0.269. The first kappa shape index (κ1) is 20.7. The van der Waals surface area contributed by atoms with Crippen LogP contribution in [0.4, 0.5) is 0 Å². The minimum Gasteiger partial charge on any atom is -0.348 e. The first-order chi connectivity index (χ1) is 15.5. The highest BCUT2D eigenvalue weighted by Crippen LogP contribution is 2.32. The van der Waals surface area contributed by atoms with Gasteiger partial charge in [0.1, 0.15) is 0 Å². The molecular formula is C26H25N3O2S. The van der Waals surface area contributed by atoms with E-state index >= 15 is 0 Å². The molecule has 3 aromatic carbocycles. The monoisotopic (exact) mass is 443 g/mol. The molecule has 0 bridgehead atoms. The largest absolute Gasteiger partial charge is 0.348 e. The van der Waals surface area contributed by atoms with Crippen molar-refractivity contribution >= 4 is 31.7 Å². The van der Waals surface area contributed by atoms with Crippen molar-refractivity contribution in [1.82, 2.24) is 8.87 Å². The lowest BCUT2D eigenvalue weighted by Gasteiger charge is -2.25. The van der Waals surface area contributed by atoms with E-state index in [1.807, 2.05) is 61.6 Å². The van der Waals surface area contributed by atoms with E-state index in [4.69, 9.17) is 0 Å². The van der Waals surface area contributed by atoms with E-state index in [2.05, 4.69) is 16.7 Å². The van der Waals surface area contributed by atoms with Crippen LogP contribution >= 0.6 is 0 Å². The van der Waals surface area contributed by atoms with Crippen LogP contribution in [-0.2, 0) is 23.5 Å². The van der Waals surface area contributed by atoms with Gasteiger partial charge in [-0.15, -0.1) is 0 Å². The maximum absolute atomic E-state index is 13.6. The highest BCUT2D eigenvalue weighted by atomic mass is 32.2. The molecule has 0 saturated carbocycles. The van der Waals surface area contributed by atoms with Gasteiger partial charge in [0.2, 0.25) is 10.0 Å². The van der Waals surface area contributed by atoms with E-state index in [0.717, 1.165) is 53.1 Å². The smallest absolute Gasteiger partial charge is 0.243 e. The summed E-state index contributed by atoms with van der Waals surface area (Å²) in [7, 11) is -1.56. The van der Waals surface area contributed by atoms with Gasteiger partial charge in [-0.05, 0) is 60.7 Å². The van der Waals surface area contributed by atoms with Crippen LogP contribution in [0.5, 0.6) is 0 Å². The van der Waals surface area contributed by atoms with Gasteiger partial charge in [0.15, 0.2) is 0 Å². The van der Waals surface area contributed by atoms with Crippen molar-refractivity contribution in [2.24, 2.45) is 7.05 Å². The van der Waals surface area contributed by atoms with Crippen molar-refractivity contribution in [1.29, 1.82) is 5.26 Å². The molecule has 5 rings (SSSR count). The highest BCUT2D eigenvalue weighted by Gasteiger charge is 2.35. The number of fused-ring (bicyclic) bond motifs is 2. The van der Waals surface area contributed by atoms with E-state index in [1.165, 1.54) is 0 Å². The Hall–Kier alpha value is -3.14. The molecular weight excluding hydrogens is 418 g/mol. The van der Waals surface area contributed by atoms with Gasteiger partial charge in [-0.2, -0.15) is 9.57 Å². The summed E-state index contributed by atoms with van der Waals surface area (Å²) in [6, 6.07) is 23.2. The minimum absolute atomic E-state index is 0.00773. The number of nitrogens with zero attached hydrogens (tertiary/aromatic N) is 3. The standard InChI is InChI=1S/C26H25N3O2S/c1-28-23(17-21-12-11-19(18-27)16-25(21)28)14-13-22-8-5-15-29(22)32(30,31)26-10-4-7-20-6-2-3-9-24(20)26/h2-4,6-7,9-12,16-17,22H,5,8,13-15H2,1H3. The summed E-state index contributed by atoms with van der Waals surface area (Å²) in [5.74, 6) is 0. The van der Waals surface area contributed by atoms with Gasteiger partial charge in [0.05, 0.1) is 16.5 Å². The molecule has 162 valence electrons. The Balaban J connectivity index is 1.41. The molecule has 1 aromatic heterocycles. The van der Waals surface area contributed by atoms with Crippen molar-refractivity contribution < 1.29 is 8.42 Å². The van der Waals surface area contributed by atoms with Crippen LogP contribution in [0.25, 0.3) is 21.7 Å². The number of aryl methyl sites for hydroxylation is 2. The topological polar surface area (TPSA) is 66.1 Å². The third-order valence-corrected chi connectivity index (χ3v) is 8.68. The second-order valence-electron chi connectivity index (χ2n) is 8.51. The number of nitriles is 1. The minimum atomic E-state index is -3.57. The predicted molar refractivity (Wildman–Crippen MR) is 127 cm³/mol. The molecule has 0 amide bonds. The van der Waals surface area contributed by atoms with Crippen LogP contribution in [0.15, 0.2) is 71.6 Å². The van der Waals surface area contributed by atoms with Crippen molar-refractivity contribution in [3.8, 4) is 6.07 Å². The Morgan fingerprint density at radius 2 is 1.84 bits per heavy atom. The second kappa shape index (κ2) is 8.09. The van der Waals surface area contributed by atoms with Crippen molar-refractivity contribution in [3.63, 3.8) is 0 Å². The third-order valence-electron chi connectivity index (χ3n) is 6.67. The second-order valence-corrected chi connectivity index (χ2v) is 10.4. The fourth-order valence-corrected chi connectivity index (χ4v) is 6.91. The molecule has 5 nitrogen and oxygen atoms in total. The Morgan fingerprint density at radius 3 is 2.69 bits per heavy atom. The molecule has 1 fully saturated rings. The van der Waals surface area contributed by atoms with Gasteiger partial charge in [-0.25, -0.2) is 8.42 Å². The molecule has 0 radical (unpaired) electrons. The molecule has 1 aliphatic rings. The van der Waals surface area contributed by atoms with E-state index in [1.54, 1.807) is 10.4 Å². The van der Waals surface area contributed by atoms with Gasteiger partial charge in [0, 0.05) is 36.2 Å². The molecule has 2 heterocycles. The molecule has 32 heavy (non-hydrogen) atoms. The predicted octanol–water partition coefficient (Wildman–Crippen LogP) is 4.99. The quantitative estimate of drug-likeness (QED) is 0.436. The summed E-state index contributed by atoms with van der Waals surface area (Å²) in [5, 5.41) is 12.0. The van der Waals surface area contributed by atoms with Gasteiger partial charge >= 0.3 is 0 Å². The van der Waals surface area contributed by atoms with E-state index in [9.17, 15) is 13.7 Å². The molecule has 0 N–H and O–H groups in total. The van der Waals surface area contributed by atoms with Crippen molar-refractivity contribution in [3.05, 3.63) is 78.0 Å². The zero-order valence-corrected chi connectivity index (χ0v) is 18.8. The number of sulfonamides is 1. The lowest BCUT2D eigenvalue weighted by Crippen LogP contribution is -2.36. The van der Waals surface area contributed by atoms with Crippen LogP contribution < -0.4 is 0 Å². The molecule has 0 spiro atoms.